The Morgan fingerprint density at radius 1 is 1.46 bits per heavy atom. The topological polar surface area (TPSA) is 72.3 Å². The van der Waals surface area contributed by atoms with Crippen LogP contribution >= 0.6 is 0 Å². The van der Waals surface area contributed by atoms with Crippen molar-refractivity contribution in [3.8, 4) is 0 Å². The fraction of sp³-hybridized carbons (Fsp3) is 0.889. The summed E-state index contributed by atoms with van der Waals surface area (Å²) in [5, 5.41) is 0. The van der Waals surface area contributed by atoms with E-state index in [1.54, 1.807) is 4.90 Å². The first-order valence-electron chi connectivity index (χ1n) is 4.93. The molecule has 4 nitrogen and oxygen atoms in total. The second-order valence-electron chi connectivity index (χ2n) is 3.72. The number of nitrogens with two attached hydrogens (primary N) is 2. The van der Waals surface area contributed by atoms with Crippen molar-refractivity contribution in [1.82, 2.24) is 4.90 Å². The minimum Gasteiger partial charge on any atom is -0.351 e. The molecule has 0 heterocycles. The van der Waals surface area contributed by atoms with Gasteiger partial charge in [0.15, 0.2) is 0 Å². The van der Waals surface area contributed by atoms with E-state index in [2.05, 4.69) is 0 Å². The first kappa shape index (κ1) is 10.3. The van der Waals surface area contributed by atoms with Gasteiger partial charge in [-0.15, -0.1) is 0 Å². The van der Waals surface area contributed by atoms with Crippen LogP contribution in [-0.2, 0) is 0 Å². The molecule has 76 valence electrons. The highest BCUT2D eigenvalue weighted by Gasteiger charge is 2.39. The molecule has 0 aromatic heterocycles. The summed E-state index contributed by atoms with van der Waals surface area (Å²) in [5.74, 6) is 0. The molecular weight excluding hydrogens is 166 g/mol. The van der Waals surface area contributed by atoms with E-state index in [1.165, 1.54) is 0 Å². The third kappa shape index (κ3) is 1.77. The highest BCUT2D eigenvalue weighted by Crippen LogP contribution is 2.34. The summed E-state index contributed by atoms with van der Waals surface area (Å²) in [6.07, 6.45) is 4.31. The van der Waals surface area contributed by atoms with Gasteiger partial charge in [-0.05, 0) is 19.8 Å². The summed E-state index contributed by atoms with van der Waals surface area (Å²) in [5.41, 5.74) is 10.9. The lowest BCUT2D eigenvalue weighted by molar-refractivity contribution is 0.131. The summed E-state index contributed by atoms with van der Waals surface area (Å²) in [6, 6.07) is -0.338. The summed E-state index contributed by atoms with van der Waals surface area (Å²) in [7, 11) is 0. The third-order valence-electron chi connectivity index (χ3n) is 3.07. The van der Waals surface area contributed by atoms with E-state index in [1.807, 2.05) is 6.92 Å². The zero-order chi connectivity index (χ0) is 9.90. The van der Waals surface area contributed by atoms with Crippen molar-refractivity contribution in [3.05, 3.63) is 0 Å². The van der Waals surface area contributed by atoms with Gasteiger partial charge in [0.1, 0.15) is 0 Å². The Balaban J connectivity index is 2.78. The van der Waals surface area contributed by atoms with Crippen molar-refractivity contribution in [2.75, 3.05) is 13.1 Å². The monoisotopic (exact) mass is 185 g/mol. The second kappa shape index (κ2) is 3.96. The van der Waals surface area contributed by atoms with Crippen molar-refractivity contribution in [3.63, 3.8) is 0 Å². The molecular formula is C9H19N3O. The Morgan fingerprint density at radius 2 is 2.00 bits per heavy atom. The molecule has 0 aromatic rings. The van der Waals surface area contributed by atoms with Gasteiger partial charge in [0.25, 0.3) is 0 Å². The van der Waals surface area contributed by atoms with E-state index < -0.39 is 0 Å². The molecule has 0 spiro atoms. The first-order chi connectivity index (χ1) is 6.16. The fourth-order valence-corrected chi connectivity index (χ4v) is 2.34. The van der Waals surface area contributed by atoms with Crippen LogP contribution in [0.5, 0.6) is 0 Å². The molecule has 4 heteroatoms. The third-order valence-corrected chi connectivity index (χ3v) is 3.07. The van der Waals surface area contributed by atoms with Crippen molar-refractivity contribution >= 4 is 6.03 Å². The van der Waals surface area contributed by atoms with Gasteiger partial charge in [0, 0.05) is 13.1 Å². The van der Waals surface area contributed by atoms with Gasteiger partial charge in [-0.1, -0.05) is 12.8 Å². The van der Waals surface area contributed by atoms with Crippen LogP contribution in [-0.4, -0.2) is 29.6 Å². The lowest BCUT2D eigenvalue weighted by Crippen LogP contribution is -2.56. The number of hydrogen-bond acceptors (Lipinski definition) is 2. The summed E-state index contributed by atoms with van der Waals surface area (Å²) in [4.78, 5) is 12.9. The molecule has 0 bridgehead atoms. The van der Waals surface area contributed by atoms with Gasteiger partial charge in [-0.2, -0.15) is 0 Å². The minimum atomic E-state index is -0.338. The molecule has 0 saturated heterocycles. The average molecular weight is 185 g/mol. The molecule has 1 aliphatic rings. The molecule has 1 aliphatic carbocycles. The van der Waals surface area contributed by atoms with E-state index in [9.17, 15) is 4.79 Å². The first-order valence-corrected chi connectivity index (χ1v) is 4.93. The molecule has 0 aliphatic heterocycles. The maximum atomic E-state index is 11.2. The highest BCUT2D eigenvalue weighted by molar-refractivity contribution is 5.73. The quantitative estimate of drug-likeness (QED) is 0.678. The van der Waals surface area contributed by atoms with Crippen LogP contribution in [0.4, 0.5) is 4.79 Å². The van der Waals surface area contributed by atoms with Crippen LogP contribution in [0.15, 0.2) is 0 Å². The van der Waals surface area contributed by atoms with Gasteiger partial charge in [0.05, 0.1) is 5.54 Å². The average Bonchev–Trinajstić information content (AvgIpc) is 2.55. The van der Waals surface area contributed by atoms with E-state index in [0.717, 1.165) is 25.7 Å². The SMILES string of the molecule is CCN(C(N)=O)C1(CN)CCCC1. The number of nitrogens with zero attached hydrogens (tertiary/aromatic N) is 1. The Kier molecular flexibility index (Phi) is 3.14. The van der Waals surface area contributed by atoms with Crippen LogP contribution in [0.25, 0.3) is 0 Å². The smallest absolute Gasteiger partial charge is 0.315 e. The summed E-state index contributed by atoms with van der Waals surface area (Å²) >= 11 is 0. The Bertz CT molecular complexity index is 187. The number of likely N-dealkylation sites (N-methyl/N-ethyl adjacent to an activating group) is 1. The van der Waals surface area contributed by atoms with E-state index in [-0.39, 0.29) is 11.6 Å². The van der Waals surface area contributed by atoms with Crippen LogP contribution in [0, 0.1) is 0 Å². The second-order valence-corrected chi connectivity index (χ2v) is 3.72. The molecule has 0 aromatic carbocycles. The van der Waals surface area contributed by atoms with E-state index >= 15 is 0 Å². The number of urea groups is 1. The van der Waals surface area contributed by atoms with Gasteiger partial charge < -0.3 is 16.4 Å². The number of carbonyl (C=O) groups excluding carboxylic acids is 1. The van der Waals surface area contributed by atoms with E-state index in [0.29, 0.717) is 13.1 Å². The lowest BCUT2D eigenvalue weighted by Gasteiger charge is -2.38. The number of amides is 2. The number of carbonyl (C=O) groups is 1. The standard InChI is InChI=1S/C9H19N3O/c1-2-12(8(11)13)9(7-10)5-3-4-6-9/h2-7,10H2,1H3,(H2,11,13). The molecule has 2 amide bonds. The predicted octanol–water partition coefficient (Wildman–Crippen LogP) is 0.658. The van der Waals surface area contributed by atoms with Crippen LogP contribution in [0.2, 0.25) is 0 Å². The normalized spacial score (nSPS) is 20.2. The maximum absolute atomic E-state index is 11.2. The molecule has 0 atom stereocenters. The Labute approximate surface area is 79.3 Å². The molecule has 1 fully saturated rings. The van der Waals surface area contributed by atoms with Gasteiger partial charge >= 0.3 is 6.03 Å². The van der Waals surface area contributed by atoms with Crippen molar-refractivity contribution in [2.45, 2.75) is 38.1 Å². The molecule has 0 unspecified atom stereocenters. The van der Waals surface area contributed by atoms with Gasteiger partial charge in [-0.25, -0.2) is 4.79 Å². The van der Waals surface area contributed by atoms with Gasteiger partial charge in [-0.3, -0.25) is 0 Å². The molecule has 13 heavy (non-hydrogen) atoms. The molecule has 1 rings (SSSR count). The van der Waals surface area contributed by atoms with Crippen molar-refractivity contribution < 1.29 is 4.79 Å². The van der Waals surface area contributed by atoms with E-state index in [4.69, 9.17) is 11.5 Å². The van der Waals surface area contributed by atoms with Crippen molar-refractivity contribution in [1.29, 1.82) is 0 Å². The zero-order valence-electron chi connectivity index (χ0n) is 8.25. The lowest BCUT2D eigenvalue weighted by atomic mass is 9.95. The highest BCUT2D eigenvalue weighted by atomic mass is 16.2. The Hall–Kier alpha value is -0.770. The fourth-order valence-electron chi connectivity index (χ4n) is 2.34. The van der Waals surface area contributed by atoms with Crippen LogP contribution in [0.1, 0.15) is 32.6 Å². The number of primary amides is 1. The zero-order valence-corrected chi connectivity index (χ0v) is 8.25. The minimum absolute atomic E-state index is 0.138. The number of rotatable bonds is 3. The number of hydrogen-bond donors (Lipinski definition) is 2. The summed E-state index contributed by atoms with van der Waals surface area (Å²) in [6.45, 7) is 3.14. The van der Waals surface area contributed by atoms with Gasteiger partial charge in [0.2, 0.25) is 0 Å². The largest absolute Gasteiger partial charge is 0.351 e. The van der Waals surface area contributed by atoms with Crippen LogP contribution < -0.4 is 11.5 Å². The predicted molar refractivity (Wildman–Crippen MR) is 52.2 cm³/mol. The summed E-state index contributed by atoms with van der Waals surface area (Å²) < 4.78 is 0. The molecule has 1 saturated carbocycles. The Morgan fingerprint density at radius 3 is 2.31 bits per heavy atom. The van der Waals surface area contributed by atoms with Crippen LogP contribution in [0.3, 0.4) is 0 Å². The maximum Gasteiger partial charge on any atom is 0.315 e. The molecule has 4 N–H and O–H groups in total. The molecule has 0 radical (unpaired) electrons. The van der Waals surface area contributed by atoms with Crippen molar-refractivity contribution in [2.24, 2.45) is 11.5 Å².